The average molecular weight is 236 g/mol. The van der Waals surface area contributed by atoms with Crippen LogP contribution in [0.5, 0.6) is 5.75 Å². The van der Waals surface area contributed by atoms with Gasteiger partial charge in [0.25, 0.3) is 0 Å². The topological polar surface area (TPSA) is 63.6 Å². The molecule has 0 aliphatic carbocycles. The number of Topliss-reactive ketones (excluding diaryl/α,β-unsaturated/α-hetero) is 1. The van der Waals surface area contributed by atoms with Crippen LogP contribution in [-0.2, 0) is 16.0 Å². The minimum Gasteiger partial charge on any atom is -0.479 e. The van der Waals surface area contributed by atoms with Crippen LogP contribution in [0.1, 0.15) is 25.8 Å². The number of benzene rings is 1. The number of ketones is 1. The number of aliphatic carboxylic acids is 1. The van der Waals surface area contributed by atoms with E-state index in [9.17, 15) is 9.59 Å². The first kappa shape index (κ1) is 13.2. The number of hydrogen-bond acceptors (Lipinski definition) is 3. The Hall–Kier alpha value is -1.84. The van der Waals surface area contributed by atoms with Crippen molar-refractivity contribution >= 4 is 11.8 Å². The van der Waals surface area contributed by atoms with Gasteiger partial charge >= 0.3 is 5.97 Å². The predicted molar refractivity (Wildman–Crippen MR) is 63.2 cm³/mol. The summed E-state index contributed by atoms with van der Waals surface area (Å²) in [5, 5.41) is 8.87. The Labute approximate surface area is 100 Å². The molecule has 1 N–H and O–H groups in total. The zero-order valence-electron chi connectivity index (χ0n) is 9.97. The molecule has 1 aromatic rings. The van der Waals surface area contributed by atoms with Gasteiger partial charge in [0, 0.05) is 6.42 Å². The van der Waals surface area contributed by atoms with Gasteiger partial charge in [-0.2, -0.15) is 0 Å². The summed E-state index contributed by atoms with van der Waals surface area (Å²) < 4.78 is 5.34. The Morgan fingerprint density at radius 3 is 2.65 bits per heavy atom. The van der Waals surface area contributed by atoms with Gasteiger partial charge in [-0.3, -0.25) is 4.79 Å². The Bertz CT molecular complexity index is 412. The summed E-state index contributed by atoms with van der Waals surface area (Å²) in [4.78, 5) is 21.8. The van der Waals surface area contributed by atoms with Crippen molar-refractivity contribution in [3.63, 3.8) is 0 Å². The third-order valence-electron chi connectivity index (χ3n) is 2.28. The van der Waals surface area contributed by atoms with Crippen molar-refractivity contribution < 1.29 is 19.4 Å². The fourth-order valence-corrected chi connectivity index (χ4v) is 1.49. The number of carboxylic acids is 1. The predicted octanol–water partition coefficient (Wildman–Crippen LogP) is 2.06. The Kier molecular flexibility index (Phi) is 4.69. The first-order valence-corrected chi connectivity index (χ1v) is 5.50. The molecule has 0 aliphatic rings. The number of carbonyl (C=O) groups excluding carboxylic acids is 1. The van der Waals surface area contributed by atoms with E-state index in [0.29, 0.717) is 18.6 Å². The molecule has 0 saturated heterocycles. The molecule has 0 amide bonds. The Morgan fingerprint density at radius 2 is 2.12 bits per heavy atom. The van der Waals surface area contributed by atoms with E-state index >= 15 is 0 Å². The van der Waals surface area contributed by atoms with E-state index in [1.54, 1.807) is 25.1 Å². The van der Waals surface area contributed by atoms with Crippen molar-refractivity contribution in [3.05, 3.63) is 29.8 Å². The lowest BCUT2D eigenvalue weighted by molar-refractivity contribution is -0.145. The van der Waals surface area contributed by atoms with Crippen LogP contribution in [-0.4, -0.2) is 23.0 Å². The summed E-state index contributed by atoms with van der Waals surface area (Å²) in [5.41, 5.74) is 0.829. The smallest absolute Gasteiger partial charge is 0.344 e. The molecule has 1 rings (SSSR count). The van der Waals surface area contributed by atoms with E-state index < -0.39 is 12.1 Å². The SMILES string of the molecule is CCC(Oc1cccc(CC(C)=O)c1)C(=O)O. The van der Waals surface area contributed by atoms with Crippen LogP contribution in [0.25, 0.3) is 0 Å². The number of rotatable bonds is 6. The third kappa shape index (κ3) is 4.26. The van der Waals surface area contributed by atoms with Crippen LogP contribution in [0.3, 0.4) is 0 Å². The Morgan fingerprint density at radius 1 is 1.41 bits per heavy atom. The minimum absolute atomic E-state index is 0.0624. The van der Waals surface area contributed by atoms with E-state index in [4.69, 9.17) is 9.84 Å². The van der Waals surface area contributed by atoms with Crippen LogP contribution in [0.2, 0.25) is 0 Å². The molecule has 0 heterocycles. The van der Waals surface area contributed by atoms with Crippen molar-refractivity contribution in [2.75, 3.05) is 0 Å². The van der Waals surface area contributed by atoms with Crippen molar-refractivity contribution in [2.24, 2.45) is 0 Å². The van der Waals surface area contributed by atoms with E-state index in [-0.39, 0.29) is 5.78 Å². The molecule has 92 valence electrons. The largest absolute Gasteiger partial charge is 0.479 e. The highest BCUT2D eigenvalue weighted by molar-refractivity contribution is 5.78. The van der Waals surface area contributed by atoms with Crippen molar-refractivity contribution in [1.82, 2.24) is 0 Å². The zero-order chi connectivity index (χ0) is 12.8. The summed E-state index contributed by atoms with van der Waals surface area (Å²) >= 11 is 0. The van der Waals surface area contributed by atoms with Gasteiger partial charge in [0.15, 0.2) is 6.10 Å². The number of carbonyl (C=O) groups is 2. The van der Waals surface area contributed by atoms with Crippen molar-refractivity contribution in [3.8, 4) is 5.75 Å². The molecular weight excluding hydrogens is 220 g/mol. The van der Waals surface area contributed by atoms with Crippen LogP contribution >= 0.6 is 0 Å². The summed E-state index contributed by atoms with van der Waals surface area (Å²) in [5.74, 6) is -0.435. The summed E-state index contributed by atoms with van der Waals surface area (Å²) in [6.45, 7) is 3.26. The zero-order valence-corrected chi connectivity index (χ0v) is 9.97. The fraction of sp³-hybridized carbons (Fsp3) is 0.385. The molecule has 0 fully saturated rings. The van der Waals surface area contributed by atoms with Gasteiger partial charge in [-0.25, -0.2) is 4.79 Å². The third-order valence-corrected chi connectivity index (χ3v) is 2.28. The van der Waals surface area contributed by atoms with E-state index in [2.05, 4.69) is 0 Å². The molecular formula is C13H16O4. The maximum Gasteiger partial charge on any atom is 0.344 e. The second-order valence-electron chi connectivity index (χ2n) is 3.88. The fourth-order valence-electron chi connectivity index (χ4n) is 1.49. The lowest BCUT2D eigenvalue weighted by Gasteiger charge is -2.13. The molecule has 4 heteroatoms. The van der Waals surface area contributed by atoms with Crippen LogP contribution in [0.4, 0.5) is 0 Å². The molecule has 4 nitrogen and oxygen atoms in total. The van der Waals surface area contributed by atoms with Crippen LogP contribution in [0.15, 0.2) is 24.3 Å². The minimum atomic E-state index is -0.982. The molecule has 0 radical (unpaired) electrons. The van der Waals surface area contributed by atoms with Gasteiger partial charge in [0.2, 0.25) is 0 Å². The molecule has 0 aromatic heterocycles. The van der Waals surface area contributed by atoms with Gasteiger partial charge in [0.05, 0.1) is 0 Å². The van der Waals surface area contributed by atoms with Crippen LogP contribution in [0, 0.1) is 0 Å². The lowest BCUT2D eigenvalue weighted by Crippen LogP contribution is -2.25. The number of hydrogen-bond donors (Lipinski definition) is 1. The molecule has 0 saturated carbocycles. The highest BCUT2D eigenvalue weighted by atomic mass is 16.5. The standard InChI is InChI=1S/C13H16O4/c1-3-12(13(15)16)17-11-6-4-5-10(8-11)7-9(2)14/h4-6,8,12H,3,7H2,1-2H3,(H,15,16). The lowest BCUT2D eigenvalue weighted by atomic mass is 10.1. The van der Waals surface area contributed by atoms with Crippen molar-refractivity contribution in [2.45, 2.75) is 32.8 Å². The second kappa shape index (κ2) is 6.03. The monoisotopic (exact) mass is 236 g/mol. The molecule has 1 aromatic carbocycles. The van der Waals surface area contributed by atoms with E-state index in [1.807, 2.05) is 6.07 Å². The first-order valence-electron chi connectivity index (χ1n) is 5.50. The number of ether oxygens (including phenoxy) is 1. The summed E-state index contributed by atoms with van der Waals surface area (Å²) in [6, 6.07) is 6.96. The molecule has 0 spiro atoms. The van der Waals surface area contributed by atoms with Gasteiger partial charge in [-0.1, -0.05) is 19.1 Å². The second-order valence-corrected chi connectivity index (χ2v) is 3.88. The highest BCUT2D eigenvalue weighted by Gasteiger charge is 2.16. The van der Waals surface area contributed by atoms with E-state index in [0.717, 1.165) is 5.56 Å². The molecule has 0 bridgehead atoms. The molecule has 17 heavy (non-hydrogen) atoms. The molecule has 1 atom stereocenters. The van der Waals surface area contributed by atoms with Gasteiger partial charge in [-0.15, -0.1) is 0 Å². The number of carboxylic acid groups (broad SMARTS) is 1. The maximum atomic E-state index is 11.0. The maximum absolute atomic E-state index is 11.0. The molecule has 0 aliphatic heterocycles. The van der Waals surface area contributed by atoms with Gasteiger partial charge < -0.3 is 9.84 Å². The summed E-state index contributed by atoms with van der Waals surface area (Å²) in [6.07, 6.45) is -0.115. The summed E-state index contributed by atoms with van der Waals surface area (Å²) in [7, 11) is 0. The Balaban J connectivity index is 2.77. The van der Waals surface area contributed by atoms with Gasteiger partial charge in [-0.05, 0) is 31.0 Å². The first-order chi connectivity index (χ1) is 8.02. The molecule has 1 unspecified atom stereocenters. The quantitative estimate of drug-likeness (QED) is 0.821. The average Bonchev–Trinajstić information content (AvgIpc) is 2.25. The van der Waals surface area contributed by atoms with Crippen LogP contribution < -0.4 is 4.74 Å². The van der Waals surface area contributed by atoms with Crippen molar-refractivity contribution in [1.29, 1.82) is 0 Å². The normalized spacial score (nSPS) is 11.9. The van der Waals surface area contributed by atoms with E-state index in [1.165, 1.54) is 6.92 Å². The highest BCUT2D eigenvalue weighted by Crippen LogP contribution is 2.16. The van der Waals surface area contributed by atoms with Gasteiger partial charge in [0.1, 0.15) is 11.5 Å².